The molecule has 0 heterocycles. The van der Waals surface area contributed by atoms with E-state index >= 15 is 0 Å². The van der Waals surface area contributed by atoms with Crippen molar-refractivity contribution in [2.75, 3.05) is 0 Å². The topological polar surface area (TPSA) is 29.1 Å². The minimum absolute atomic E-state index is 0.228. The number of rotatable bonds is 4. The molecular weight excluding hydrogens is 278 g/mol. The summed E-state index contributed by atoms with van der Waals surface area (Å²) in [4.78, 5) is 11.9. The van der Waals surface area contributed by atoms with Crippen LogP contribution in [-0.2, 0) is 16.7 Å². The van der Waals surface area contributed by atoms with Gasteiger partial charge in [-0.2, -0.15) is 0 Å². The fourth-order valence-electron chi connectivity index (χ4n) is 2.34. The van der Waals surface area contributed by atoms with Crippen molar-refractivity contribution in [2.45, 2.75) is 37.6 Å². The summed E-state index contributed by atoms with van der Waals surface area (Å²) in [6.45, 7) is 0.649. The molecule has 0 aliphatic heterocycles. The highest BCUT2D eigenvalue weighted by atomic mass is 79.9. The zero-order valence-corrected chi connectivity index (χ0v) is 11.5. The second-order valence-electron chi connectivity index (χ2n) is 4.65. The quantitative estimate of drug-likeness (QED) is 0.848. The van der Waals surface area contributed by atoms with Crippen LogP contribution in [0.2, 0.25) is 0 Å². The predicted molar refractivity (Wildman–Crippen MR) is 72.9 cm³/mol. The lowest BCUT2D eigenvalue weighted by atomic mass is 10.1. The molecule has 0 bridgehead atoms. The van der Waals surface area contributed by atoms with Gasteiger partial charge in [-0.15, -0.1) is 0 Å². The van der Waals surface area contributed by atoms with E-state index in [2.05, 4.69) is 39.4 Å². The number of nitrogens with one attached hydrogen (secondary N) is 1. The van der Waals surface area contributed by atoms with Crippen LogP contribution in [0.5, 0.6) is 0 Å². The van der Waals surface area contributed by atoms with Crippen molar-refractivity contribution in [3.8, 4) is 0 Å². The van der Waals surface area contributed by atoms with Gasteiger partial charge in [-0.05, 0) is 24.0 Å². The Morgan fingerprint density at radius 1 is 1.29 bits per heavy atom. The highest BCUT2D eigenvalue weighted by Crippen LogP contribution is 2.24. The van der Waals surface area contributed by atoms with Gasteiger partial charge in [0.25, 0.3) is 0 Å². The molecule has 0 unspecified atom stereocenters. The van der Waals surface area contributed by atoms with Crippen molar-refractivity contribution in [2.24, 2.45) is 5.92 Å². The van der Waals surface area contributed by atoms with Gasteiger partial charge >= 0.3 is 0 Å². The lowest BCUT2D eigenvalue weighted by molar-refractivity contribution is -0.124. The van der Waals surface area contributed by atoms with E-state index in [1.807, 2.05) is 6.07 Å². The van der Waals surface area contributed by atoms with Gasteiger partial charge in [0.05, 0.1) is 0 Å². The van der Waals surface area contributed by atoms with Crippen LogP contribution in [0.25, 0.3) is 0 Å². The van der Waals surface area contributed by atoms with Crippen LogP contribution in [0.1, 0.15) is 36.8 Å². The number of halogens is 1. The first kappa shape index (κ1) is 12.6. The molecule has 2 nitrogen and oxygen atoms in total. The summed E-state index contributed by atoms with van der Waals surface area (Å²) in [5, 5.41) is 3.90. The van der Waals surface area contributed by atoms with Crippen LogP contribution < -0.4 is 5.32 Å². The van der Waals surface area contributed by atoms with Crippen LogP contribution in [-0.4, -0.2) is 5.91 Å². The summed E-state index contributed by atoms with van der Waals surface area (Å²) < 4.78 is 0. The predicted octanol–water partition coefficient (Wildman–Crippen LogP) is 3.39. The fraction of sp³-hybridized carbons (Fsp3) is 0.500. The molecule has 0 atom stereocenters. The van der Waals surface area contributed by atoms with E-state index in [0.717, 1.165) is 18.2 Å². The van der Waals surface area contributed by atoms with Gasteiger partial charge in [-0.1, -0.05) is 53.0 Å². The maximum absolute atomic E-state index is 11.9. The van der Waals surface area contributed by atoms with Gasteiger partial charge in [0.1, 0.15) is 0 Å². The molecule has 1 saturated carbocycles. The molecule has 0 saturated heterocycles. The standard InChI is InChI=1S/C14H18BrNO/c15-9-11-4-3-5-12(8-11)10-16-14(17)13-6-1-2-7-13/h3-5,8,13H,1-2,6-7,9-10H2,(H,16,17). The Bertz CT molecular complexity index is 386. The average molecular weight is 296 g/mol. The Kier molecular flexibility index (Phi) is 4.60. The van der Waals surface area contributed by atoms with Gasteiger partial charge in [0.2, 0.25) is 5.91 Å². The van der Waals surface area contributed by atoms with Gasteiger partial charge in [-0.25, -0.2) is 0 Å². The van der Waals surface area contributed by atoms with Gasteiger partial charge in [0.15, 0.2) is 0 Å². The van der Waals surface area contributed by atoms with E-state index in [-0.39, 0.29) is 11.8 Å². The van der Waals surface area contributed by atoms with E-state index in [1.54, 1.807) is 0 Å². The number of carbonyl (C=O) groups excluding carboxylic acids is 1. The molecule has 0 radical (unpaired) electrons. The van der Waals surface area contributed by atoms with E-state index in [4.69, 9.17) is 0 Å². The molecule has 92 valence electrons. The Morgan fingerprint density at radius 3 is 2.71 bits per heavy atom. The SMILES string of the molecule is O=C(NCc1cccc(CBr)c1)C1CCCC1. The maximum atomic E-state index is 11.9. The van der Waals surface area contributed by atoms with Crippen molar-refractivity contribution < 1.29 is 4.79 Å². The summed E-state index contributed by atoms with van der Waals surface area (Å²) in [5.74, 6) is 0.487. The van der Waals surface area contributed by atoms with Crippen LogP contribution in [0, 0.1) is 5.92 Å². The van der Waals surface area contributed by atoms with E-state index in [1.165, 1.54) is 24.0 Å². The first-order chi connectivity index (χ1) is 8.29. The third-order valence-corrected chi connectivity index (χ3v) is 3.99. The molecule has 1 aliphatic rings. The minimum Gasteiger partial charge on any atom is -0.352 e. The molecule has 1 aliphatic carbocycles. The molecule has 2 rings (SSSR count). The summed E-state index contributed by atoms with van der Waals surface area (Å²) in [7, 11) is 0. The number of hydrogen-bond donors (Lipinski definition) is 1. The number of amides is 1. The first-order valence-electron chi connectivity index (χ1n) is 6.21. The highest BCUT2D eigenvalue weighted by Gasteiger charge is 2.21. The van der Waals surface area contributed by atoms with Crippen molar-refractivity contribution in [1.29, 1.82) is 0 Å². The minimum atomic E-state index is 0.228. The number of hydrogen-bond acceptors (Lipinski definition) is 1. The van der Waals surface area contributed by atoms with Crippen LogP contribution in [0.15, 0.2) is 24.3 Å². The molecule has 3 heteroatoms. The fourth-order valence-corrected chi connectivity index (χ4v) is 2.69. The molecule has 1 fully saturated rings. The summed E-state index contributed by atoms with van der Waals surface area (Å²) in [6.07, 6.45) is 4.54. The summed E-state index contributed by atoms with van der Waals surface area (Å²) in [6, 6.07) is 8.30. The Morgan fingerprint density at radius 2 is 2.00 bits per heavy atom. The van der Waals surface area contributed by atoms with Crippen LogP contribution in [0.3, 0.4) is 0 Å². The summed E-state index contributed by atoms with van der Waals surface area (Å²) in [5.41, 5.74) is 2.42. The van der Waals surface area contributed by atoms with Gasteiger partial charge < -0.3 is 5.32 Å². The first-order valence-corrected chi connectivity index (χ1v) is 7.33. The number of carbonyl (C=O) groups is 1. The zero-order chi connectivity index (χ0) is 12.1. The molecule has 1 amide bonds. The smallest absolute Gasteiger partial charge is 0.223 e. The second-order valence-corrected chi connectivity index (χ2v) is 5.21. The Balaban J connectivity index is 1.86. The van der Waals surface area contributed by atoms with E-state index in [0.29, 0.717) is 6.54 Å². The summed E-state index contributed by atoms with van der Waals surface area (Å²) >= 11 is 3.44. The van der Waals surface area contributed by atoms with Crippen molar-refractivity contribution >= 4 is 21.8 Å². The second kappa shape index (κ2) is 6.20. The normalized spacial score (nSPS) is 16.1. The van der Waals surface area contributed by atoms with Gasteiger partial charge in [-0.3, -0.25) is 4.79 Å². The van der Waals surface area contributed by atoms with Crippen molar-refractivity contribution in [3.63, 3.8) is 0 Å². The highest BCUT2D eigenvalue weighted by molar-refractivity contribution is 9.08. The van der Waals surface area contributed by atoms with Crippen molar-refractivity contribution in [1.82, 2.24) is 5.32 Å². The molecule has 1 N–H and O–H groups in total. The Labute approximate surface area is 111 Å². The largest absolute Gasteiger partial charge is 0.352 e. The molecule has 0 aromatic heterocycles. The molecule has 1 aromatic rings. The van der Waals surface area contributed by atoms with E-state index in [9.17, 15) is 4.79 Å². The third-order valence-electron chi connectivity index (χ3n) is 3.34. The molecule has 1 aromatic carbocycles. The average Bonchev–Trinajstić information content (AvgIpc) is 2.90. The Hall–Kier alpha value is -0.830. The molecular formula is C14H18BrNO. The van der Waals surface area contributed by atoms with Crippen LogP contribution >= 0.6 is 15.9 Å². The lowest BCUT2D eigenvalue weighted by Crippen LogP contribution is -2.28. The van der Waals surface area contributed by atoms with E-state index < -0.39 is 0 Å². The lowest BCUT2D eigenvalue weighted by Gasteiger charge is -2.10. The molecule has 17 heavy (non-hydrogen) atoms. The van der Waals surface area contributed by atoms with Crippen LogP contribution in [0.4, 0.5) is 0 Å². The maximum Gasteiger partial charge on any atom is 0.223 e. The number of alkyl halides is 1. The monoisotopic (exact) mass is 295 g/mol. The number of benzene rings is 1. The van der Waals surface area contributed by atoms with Gasteiger partial charge in [0, 0.05) is 17.8 Å². The zero-order valence-electron chi connectivity index (χ0n) is 9.92. The molecule has 0 spiro atoms. The van der Waals surface area contributed by atoms with Crippen molar-refractivity contribution in [3.05, 3.63) is 35.4 Å². The third kappa shape index (κ3) is 3.56.